The summed E-state index contributed by atoms with van der Waals surface area (Å²) < 4.78 is 0. The van der Waals surface area contributed by atoms with Crippen LogP contribution in [0.25, 0.3) is 0 Å². The van der Waals surface area contributed by atoms with Crippen molar-refractivity contribution in [2.75, 3.05) is 13.1 Å². The summed E-state index contributed by atoms with van der Waals surface area (Å²) in [5, 5.41) is 6.28. The van der Waals surface area contributed by atoms with Gasteiger partial charge in [-0.3, -0.25) is 4.79 Å². The Labute approximate surface area is 86.6 Å². The zero-order valence-electron chi connectivity index (χ0n) is 9.31. The Balaban J connectivity index is 1.99. The van der Waals surface area contributed by atoms with E-state index in [1.165, 1.54) is 25.7 Å². The molecule has 1 saturated carbocycles. The lowest BCUT2D eigenvalue weighted by atomic mass is 9.87. The van der Waals surface area contributed by atoms with E-state index in [1.807, 2.05) is 0 Å². The Bertz CT molecular complexity index is 174. The Hall–Kier alpha value is -0.570. The fourth-order valence-corrected chi connectivity index (χ4v) is 1.98. The largest absolute Gasteiger partial charge is 0.355 e. The fraction of sp³-hybridized carbons (Fsp3) is 0.909. The standard InChI is InChI=1S/C11H22N2O/c1-9-3-5-11(6-4-9)13-8-7-12-10(2)14/h9,11,13H,3-8H2,1-2H3,(H,12,14). The van der Waals surface area contributed by atoms with Crippen molar-refractivity contribution < 1.29 is 4.79 Å². The molecule has 0 bridgehead atoms. The minimum Gasteiger partial charge on any atom is -0.355 e. The monoisotopic (exact) mass is 198 g/mol. The lowest BCUT2D eigenvalue weighted by Crippen LogP contribution is -2.38. The average molecular weight is 198 g/mol. The van der Waals surface area contributed by atoms with Crippen molar-refractivity contribution >= 4 is 5.91 Å². The van der Waals surface area contributed by atoms with Gasteiger partial charge >= 0.3 is 0 Å². The van der Waals surface area contributed by atoms with Crippen LogP contribution in [-0.2, 0) is 4.79 Å². The topological polar surface area (TPSA) is 41.1 Å². The molecule has 0 aromatic heterocycles. The molecular formula is C11H22N2O. The fourth-order valence-electron chi connectivity index (χ4n) is 1.98. The first-order valence-electron chi connectivity index (χ1n) is 5.66. The van der Waals surface area contributed by atoms with E-state index in [9.17, 15) is 4.79 Å². The van der Waals surface area contributed by atoms with E-state index in [4.69, 9.17) is 0 Å². The van der Waals surface area contributed by atoms with Crippen LogP contribution < -0.4 is 10.6 Å². The van der Waals surface area contributed by atoms with Crippen molar-refractivity contribution in [2.24, 2.45) is 5.92 Å². The molecule has 3 heteroatoms. The number of carbonyl (C=O) groups is 1. The maximum atomic E-state index is 10.6. The highest BCUT2D eigenvalue weighted by Gasteiger charge is 2.16. The second-order valence-corrected chi connectivity index (χ2v) is 4.39. The van der Waals surface area contributed by atoms with Crippen LogP contribution in [0.15, 0.2) is 0 Å². The number of carbonyl (C=O) groups excluding carboxylic acids is 1. The molecule has 1 rings (SSSR count). The molecule has 0 aromatic carbocycles. The Morgan fingerprint density at radius 1 is 1.21 bits per heavy atom. The van der Waals surface area contributed by atoms with Crippen LogP contribution in [0.3, 0.4) is 0 Å². The normalized spacial score (nSPS) is 27.3. The van der Waals surface area contributed by atoms with Crippen molar-refractivity contribution in [3.63, 3.8) is 0 Å². The third-order valence-electron chi connectivity index (χ3n) is 2.95. The summed E-state index contributed by atoms with van der Waals surface area (Å²) in [6.07, 6.45) is 5.28. The molecule has 0 spiro atoms. The zero-order chi connectivity index (χ0) is 10.4. The number of hydrogen-bond donors (Lipinski definition) is 2. The predicted octanol–water partition coefficient (Wildman–Crippen LogP) is 1.29. The summed E-state index contributed by atoms with van der Waals surface area (Å²) in [6.45, 7) is 5.54. The Kier molecular flexibility index (Phi) is 4.94. The number of amides is 1. The third-order valence-corrected chi connectivity index (χ3v) is 2.95. The molecule has 1 aliphatic carbocycles. The van der Waals surface area contributed by atoms with Gasteiger partial charge in [0.15, 0.2) is 0 Å². The SMILES string of the molecule is CC(=O)NCCNC1CCC(C)CC1. The molecule has 1 amide bonds. The van der Waals surface area contributed by atoms with E-state index in [2.05, 4.69) is 17.6 Å². The summed E-state index contributed by atoms with van der Waals surface area (Å²) >= 11 is 0. The summed E-state index contributed by atoms with van der Waals surface area (Å²) in [6, 6.07) is 0.681. The molecule has 1 aliphatic rings. The zero-order valence-corrected chi connectivity index (χ0v) is 9.31. The van der Waals surface area contributed by atoms with Crippen LogP contribution in [0.5, 0.6) is 0 Å². The van der Waals surface area contributed by atoms with E-state index in [-0.39, 0.29) is 5.91 Å². The predicted molar refractivity (Wildman–Crippen MR) is 58.1 cm³/mol. The molecule has 0 heterocycles. The average Bonchev–Trinajstić information content (AvgIpc) is 2.15. The van der Waals surface area contributed by atoms with Gasteiger partial charge < -0.3 is 10.6 Å². The second-order valence-electron chi connectivity index (χ2n) is 4.39. The molecule has 82 valence electrons. The van der Waals surface area contributed by atoms with Gasteiger partial charge in [0.25, 0.3) is 0 Å². The molecule has 0 radical (unpaired) electrons. The van der Waals surface area contributed by atoms with Gasteiger partial charge in [-0.25, -0.2) is 0 Å². The Morgan fingerprint density at radius 2 is 1.86 bits per heavy atom. The second kappa shape index (κ2) is 6.02. The van der Waals surface area contributed by atoms with Gasteiger partial charge in [0.2, 0.25) is 5.91 Å². The van der Waals surface area contributed by atoms with Crippen LogP contribution in [0.2, 0.25) is 0 Å². The van der Waals surface area contributed by atoms with Crippen LogP contribution in [0.1, 0.15) is 39.5 Å². The van der Waals surface area contributed by atoms with Crippen molar-refractivity contribution in [3.05, 3.63) is 0 Å². The lowest BCUT2D eigenvalue weighted by molar-refractivity contribution is -0.118. The quantitative estimate of drug-likeness (QED) is 0.668. The molecule has 1 fully saturated rings. The number of nitrogens with one attached hydrogen (secondary N) is 2. The van der Waals surface area contributed by atoms with E-state index in [0.717, 1.165) is 19.0 Å². The molecular weight excluding hydrogens is 176 g/mol. The van der Waals surface area contributed by atoms with Gasteiger partial charge in [-0.1, -0.05) is 6.92 Å². The van der Waals surface area contributed by atoms with Gasteiger partial charge in [-0.15, -0.1) is 0 Å². The minimum absolute atomic E-state index is 0.0593. The molecule has 0 unspecified atom stereocenters. The van der Waals surface area contributed by atoms with Gasteiger partial charge in [0.1, 0.15) is 0 Å². The molecule has 0 aliphatic heterocycles. The molecule has 0 atom stereocenters. The number of hydrogen-bond acceptors (Lipinski definition) is 2. The van der Waals surface area contributed by atoms with Gasteiger partial charge in [-0.05, 0) is 31.6 Å². The molecule has 3 nitrogen and oxygen atoms in total. The molecule has 0 saturated heterocycles. The van der Waals surface area contributed by atoms with Crippen LogP contribution in [-0.4, -0.2) is 25.0 Å². The van der Waals surface area contributed by atoms with Crippen molar-refractivity contribution in [1.82, 2.24) is 10.6 Å². The van der Waals surface area contributed by atoms with Crippen molar-refractivity contribution in [1.29, 1.82) is 0 Å². The maximum absolute atomic E-state index is 10.6. The van der Waals surface area contributed by atoms with Crippen molar-refractivity contribution in [3.8, 4) is 0 Å². The minimum atomic E-state index is 0.0593. The van der Waals surface area contributed by atoms with Crippen LogP contribution in [0.4, 0.5) is 0 Å². The lowest BCUT2D eigenvalue weighted by Gasteiger charge is -2.27. The van der Waals surface area contributed by atoms with E-state index in [1.54, 1.807) is 6.92 Å². The smallest absolute Gasteiger partial charge is 0.216 e. The van der Waals surface area contributed by atoms with E-state index >= 15 is 0 Å². The van der Waals surface area contributed by atoms with Crippen molar-refractivity contribution in [2.45, 2.75) is 45.6 Å². The number of rotatable bonds is 4. The first-order chi connectivity index (χ1) is 6.68. The summed E-state index contributed by atoms with van der Waals surface area (Å²) in [4.78, 5) is 10.6. The maximum Gasteiger partial charge on any atom is 0.216 e. The van der Waals surface area contributed by atoms with E-state index < -0.39 is 0 Å². The highest BCUT2D eigenvalue weighted by Crippen LogP contribution is 2.23. The highest BCUT2D eigenvalue weighted by molar-refractivity contribution is 5.72. The first kappa shape index (κ1) is 11.5. The van der Waals surface area contributed by atoms with Crippen LogP contribution in [0, 0.1) is 5.92 Å². The molecule has 0 aromatic rings. The summed E-state index contributed by atoms with van der Waals surface area (Å²) in [5.74, 6) is 0.965. The van der Waals surface area contributed by atoms with Gasteiger partial charge in [-0.2, -0.15) is 0 Å². The Morgan fingerprint density at radius 3 is 2.43 bits per heavy atom. The molecule has 14 heavy (non-hydrogen) atoms. The van der Waals surface area contributed by atoms with Crippen LogP contribution >= 0.6 is 0 Å². The molecule has 2 N–H and O–H groups in total. The first-order valence-corrected chi connectivity index (χ1v) is 5.66. The third kappa shape index (κ3) is 4.61. The highest BCUT2D eigenvalue weighted by atomic mass is 16.1. The summed E-state index contributed by atoms with van der Waals surface area (Å²) in [5.41, 5.74) is 0. The van der Waals surface area contributed by atoms with Gasteiger partial charge in [0, 0.05) is 26.1 Å². The summed E-state index contributed by atoms with van der Waals surface area (Å²) in [7, 11) is 0. The van der Waals surface area contributed by atoms with E-state index in [0.29, 0.717) is 6.04 Å². The van der Waals surface area contributed by atoms with Gasteiger partial charge in [0.05, 0.1) is 0 Å².